The second kappa shape index (κ2) is 5.82. The van der Waals surface area contributed by atoms with Gasteiger partial charge in [0.2, 0.25) is 0 Å². The van der Waals surface area contributed by atoms with E-state index >= 15 is 0 Å². The lowest BCUT2D eigenvalue weighted by Gasteiger charge is -2.11. The molecule has 1 fully saturated rings. The van der Waals surface area contributed by atoms with E-state index in [1.807, 2.05) is 19.2 Å². The van der Waals surface area contributed by atoms with E-state index in [4.69, 9.17) is 9.47 Å². The van der Waals surface area contributed by atoms with Crippen molar-refractivity contribution in [3.8, 4) is 5.75 Å². The van der Waals surface area contributed by atoms with Crippen LogP contribution in [0.2, 0.25) is 0 Å². The first-order chi connectivity index (χ1) is 7.88. The molecule has 4 nitrogen and oxygen atoms in total. The molecule has 1 aliphatic rings. The van der Waals surface area contributed by atoms with Gasteiger partial charge in [0.15, 0.2) is 0 Å². The maximum absolute atomic E-state index is 5.68. The summed E-state index contributed by atoms with van der Waals surface area (Å²) in [4.78, 5) is 4.24. The summed E-state index contributed by atoms with van der Waals surface area (Å²) in [7, 11) is 1.90. The normalized spacial score (nSPS) is 19.9. The molecule has 16 heavy (non-hydrogen) atoms. The highest BCUT2D eigenvalue weighted by atomic mass is 16.5. The van der Waals surface area contributed by atoms with Crippen molar-refractivity contribution in [3.05, 3.63) is 24.0 Å². The van der Waals surface area contributed by atoms with Crippen molar-refractivity contribution in [2.45, 2.75) is 25.5 Å². The second-order valence-electron chi connectivity index (χ2n) is 3.96. The van der Waals surface area contributed by atoms with Crippen LogP contribution in [0, 0.1) is 0 Å². The molecule has 1 unspecified atom stereocenters. The standard InChI is InChI=1S/C12H18N2O2/c1-13-8-10-7-11(4-5-14-10)16-9-12-3-2-6-15-12/h4-5,7,12-13H,2-3,6,8-9H2,1H3. The number of aromatic nitrogens is 1. The highest BCUT2D eigenvalue weighted by Crippen LogP contribution is 2.16. The third-order valence-corrected chi connectivity index (χ3v) is 2.61. The molecule has 0 aromatic carbocycles. The van der Waals surface area contributed by atoms with Crippen LogP contribution in [-0.2, 0) is 11.3 Å². The Morgan fingerprint density at radius 2 is 2.56 bits per heavy atom. The smallest absolute Gasteiger partial charge is 0.122 e. The number of hydrogen-bond donors (Lipinski definition) is 1. The molecule has 88 valence electrons. The van der Waals surface area contributed by atoms with Crippen LogP contribution in [0.4, 0.5) is 0 Å². The van der Waals surface area contributed by atoms with Crippen LogP contribution in [0.25, 0.3) is 0 Å². The van der Waals surface area contributed by atoms with Gasteiger partial charge in [0.25, 0.3) is 0 Å². The van der Waals surface area contributed by atoms with Crippen molar-refractivity contribution in [3.63, 3.8) is 0 Å². The van der Waals surface area contributed by atoms with Gasteiger partial charge in [-0.15, -0.1) is 0 Å². The summed E-state index contributed by atoms with van der Waals surface area (Å²) in [6, 6.07) is 3.85. The van der Waals surface area contributed by atoms with E-state index in [1.54, 1.807) is 6.20 Å². The van der Waals surface area contributed by atoms with E-state index in [1.165, 1.54) is 0 Å². The fourth-order valence-corrected chi connectivity index (χ4v) is 1.79. The van der Waals surface area contributed by atoms with Crippen LogP contribution in [0.15, 0.2) is 18.3 Å². The third kappa shape index (κ3) is 3.18. The molecule has 1 aromatic rings. The van der Waals surface area contributed by atoms with Crippen LogP contribution in [0.3, 0.4) is 0 Å². The minimum atomic E-state index is 0.265. The van der Waals surface area contributed by atoms with E-state index in [2.05, 4.69) is 10.3 Å². The summed E-state index contributed by atoms with van der Waals surface area (Å²) in [5, 5.41) is 3.07. The van der Waals surface area contributed by atoms with Gasteiger partial charge in [-0.25, -0.2) is 0 Å². The lowest BCUT2D eigenvalue weighted by molar-refractivity contribution is 0.0679. The Balaban J connectivity index is 1.85. The molecule has 1 aromatic heterocycles. The van der Waals surface area contributed by atoms with Crippen LogP contribution in [0.1, 0.15) is 18.5 Å². The fourth-order valence-electron chi connectivity index (χ4n) is 1.79. The topological polar surface area (TPSA) is 43.4 Å². The van der Waals surface area contributed by atoms with Crippen molar-refractivity contribution in [1.29, 1.82) is 0 Å². The molecule has 1 atom stereocenters. The largest absolute Gasteiger partial charge is 0.491 e. The summed E-state index contributed by atoms with van der Waals surface area (Å²) >= 11 is 0. The second-order valence-corrected chi connectivity index (χ2v) is 3.96. The maximum Gasteiger partial charge on any atom is 0.122 e. The Hall–Kier alpha value is -1.13. The minimum absolute atomic E-state index is 0.265. The van der Waals surface area contributed by atoms with E-state index in [-0.39, 0.29) is 6.10 Å². The van der Waals surface area contributed by atoms with Gasteiger partial charge in [0, 0.05) is 25.4 Å². The minimum Gasteiger partial charge on any atom is -0.491 e. The molecular weight excluding hydrogens is 204 g/mol. The van der Waals surface area contributed by atoms with E-state index in [9.17, 15) is 0 Å². The number of nitrogens with one attached hydrogen (secondary N) is 1. The molecule has 1 N–H and O–H groups in total. The average molecular weight is 222 g/mol. The van der Waals surface area contributed by atoms with Gasteiger partial charge in [-0.1, -0.05) is 0 Å². The predicted octanol–water partition coefficient (Wildman–Crippen LogP) is 1.36. The zero-order valence-electron chi connectivity index (χ0n) is 9.61. The van der Waals surface area contributed by atoms with Gasteiger partial charge in [-0.2, -0.15) is 0 Å². The number of pyridine rings is 1. The van der Waals surface area contributed by atoms with Crippen molar-refractivity contribution in [2.24, 2.45) is 0 Å². The van der Waals surface area contributed by atoms with Crippen molar-refractivity contribution in [2.75, 3.05) is 20.3 Å². The predicted molar refractivity (Wildman–Crippen MR) is 61.5 cm³/mol. The Labute approximate surface area is 96.0 Å². The molecule has 1 aliphatic heterocycles. The van der Waals surface area contributed by atoms with Crippen LogP contribution >= 0.6 is 0 Å². The van der Waals surface area contributed by atoms with Crippen molar-refractivity contribution < 1.29 is 9.47 Å². The molecule has 2 rings (SSSR count). The zero-order valence-corrected chi connectivity index (χ0v) is 9.61. The molecule has 0 radical (unpaired) electrons. The molecule has 1 saturated heterocycles. The number of rotatable bonds is 5. The first kappa shape index (κ1) is 11.4. The summed E-state index contributed by atoms with van der Waals surface area (Å²) < 4.78 is 11.2. The average Bonchev–Trinajstić information content (AvgIpc) is 2.80. The summed E-state index contributed by atoms with van der Waals surface area (Å²) in [6.07, 6.45) is 4.29. The summed E-state index contributed by atoms with van der Waals surface area (Å²) in [5.41, 5.74) is 0.993. The van der Waals surface area contributed by atoms with E-state index < -0.39 is 0 Å². The SMILES string of the molecule is CNCc1cc(OCC2CCCO2)ccn1. The Bertz CT molecular complexity index is 325. The first-order valence-electron chi connectivity index (χ1n) is 5.72. The Kier molecular flexibility index (Phi) is 4.13. The number of ether oxygens (including phenoxy) is 2. The van der Waals surface area contributed by atoms with Crippen molar-refractivity contribution in [1.82, 2.24) is 10.3 Å². The van der Waals surface area contributed by atoms with Gasteiger partial charge in [0.05, 0.1) is 11.8 Å². The van der Waals surface area contributed by atoms with Gasteiger partial charge in [-0.05, 0) is 26.0 Å². The first-order valence-corrected chi connectivity index (χ1v) is 5.72. The van der Waals surface area contributed by atoms with Gasteiger partial charge < -0.3 is 14.8 Å². The molecular formula is C12H18N2O2. The molecule has 4 heteroatoms. The summed E-state index contributed by atoms with van der Waals surface area (Å²) in [6.45, 7) is 2.27. The van der Waals surface area contributed by atoms with E-state index in [0.29, 0.717) is 6.61 Å². The van der Waals surface area contributed by atoms with Crippen LogP contribution in [0.5, 0.6) is 5.75 Å². The lowest BCUT2D eigenvalue weighted by Crippen LogP contribution is -2.16. The van der Waals surface area contributed by atoms with Crippen molar-refractivity contribution >= 4 is 0 Å². The van der Waals surface area contributed by atoms with Gasteiger partial charge in [-0.3, -0.25) is 4.98 Å². The molecule has 0 spiro atoms. The lowest BCUT2D eigenvalue weighted by atomic mass is 10.2. The fraction of sp³-hybridized carbons (Fsp3) is 0.583. The molecule has 0 aliphatic carbocycles. The monoisotopic (exact) mass is 222 g/mol. The Morgan fingerprint density at radius 3 is 3.31 bits per heavy atom. The third-order valence-electron chi connectivity index (χ3n) is 2.61. The van der Waals surface area contributed by atoms with Gasteiger partial charge in [0.1, 0.15) is 12.4 Å². The zero-order chi connectivity index (χ0) is 11.2. The molecule has 0 saturated carbocycles. The Morgan fingerprint density at radius 1 is 1.62 bits per heavy atom. The highest BCUT2D eigenvalue weighted by Gasteiger charge is 2.15. The highest BCUT2D eigenvalue weighted by molar-refractivity contribution is 5.22. The number of nitrogens with zero attached hydrogens (tertiary/aromatic N) is 1. The summed E-state index contributed by atoms with van der Waals surface area (Å²) in [5.74, 6) is 0.871. The molecule has 0 amide bonds. The van der Waals surface area contributed by atoms with E-state index in [0.717, 1.165) is 37.4 Å². The number of hydrogen-bond acceptors (Lipinski definition) is 4. The van der Waals surface area contributed by atoms with Crippen LogP contribution < -0.4 is 10.1 Å². The molecule has 0 bridgehead atoms. The molecule has 2 heterocycles. The maximum atomic E-state index is 5.68. The quantitative estimate of drug-likeness (QED) is 0.817. The van der Waals surface area contributed by atoms with Gasteiger partial charge >= 0.3 is 0 Å². The van der Waals surface area contributed by atoms with Crippen LogP contribution in [-0.4, -0.2) is 31.3 Å².